The van der Waals surface area contributed by atoms with Crippen LogP contribution in [0.3, 0.4) is 0 Å². The summed E-state index contributed by atoms with van der Waals surface area (Å²) in [5, 5.41) is 3.44. The van der Waals surface area contributed by atoms with Crippen LogP contribution in [0, 0.1) is 5.92 Å². The van der Waals surface area contributed by atoms with Gasteiger partial charge in [-0.25, -0.2) is 0 Å². The van der Waals surface area contributed by atoms with Gasteiger partial charge in [0.2, 0.25) is 0 Å². The summed E-state index contributed by atoms with van der Waals surface area (Å²) in [6.07, 6.45) is 5.96. The molecule has 0 radical (unpaired) electrons. The van der Waals surface area contributed by atoms with Crippen molar-refractivity contribution in [2.75, 3.05) is 14.2 Å². The van der Waals surface area contributed by atoms with Crippen LogP contribution < -0.4 is 5.32 Å². The van der Waals surface area contributed by atoms with Gasteiger partial charge >= 0.3 is 0 Å². The maximum absolute atomic E-state index is 5.78. The first kappa shape index (κ1) is 15.9. The number of hydrogen-bond acceptors (Lipinski definition) is 2. The van der Waals surface area contributed by atoms with E-state index in [0.717, 1.165) is 18.8 Å². The lowest BCUT2D eigenvalue weighted by atomic mass is 9.84. The molecule has 0 rings (SSSR count). The van der Waals surface area contributed by atoms with E-state index >= 15 is 0 Å². The number of hydrogen-bond donors (Lipinski definition) is 1. The summed E-state index contributed by atoms with van der Waals surface area (Å²) in [6, 6.07) is 0.478. The second-order valence-electron chi connectivity index (χ2n) is 5.14. The standard InChI is InChI=1S/C14H31NO/c1-7-14(8-2,16-6)13(15-5)11-9-10-12(3)4/h12-13,15H,7-11H2,1-6H3. The Balaban J connectivity index is 4.32. The van der Waals surface area contributed by atoms with Crippen molar-refractivity contribution in [1.29, 1.82) is 0 Å². The van der Waals surface area contributed by atoms with Crippen LogP contribution in [0.4, 0.5) is 0 Å². The highest BCUT2D eigenvalue weighted by Crippen LogP contribution is 2.27. The second kappa shape index (κ2) is 8.08. The Kier molecular flexibility index (Phi) is 8.04. The molecule has 0 saturated heterocycles. The molecule has 2 heteroatoms. The van der Waals surface area contributed by atoms with Crippen molar-refractivity contribution in [2.45, 2.75) is 71.4 Å². The average Bonchev–Trinajstić information content (AvgIpc) is 2.29. The smallest absolute Gasteiger partial charge is 0.0825 e. The number of likely N-dealkylation sites (N-methyl/N-ethyl adjacent to an activating group) is 1. The van der Waals surface area contributed by atoms with Crippen molar-refractivity contribution < 1.29 is 4.74 Å². The monoisotopic (exact) mass is 229 g/mol. The van der Waals surface area contributed by atoms with Crippen molar-refractivity contribution >= 4 is 0 Å². The highest BCUT2D eigenvalue weighted by Gasteiger charge is 2.34. The molecule has 0 aliphatic carbocycles. The summed E-state index contributed by atoms with van der Waals surface area (Å²) >= 11 is 0. The maximum atomic E-state index is 5.78. The Morgan fingerprint density at radius 2 is 1.69 bits per heavy atom. The van der Waals surface area contributed by atoms with Gasteiger partial charge in [0.1, 0.15) is 0 Å². The Labute approximate surface area is 102 Å². The number of methoxy groups -OCH3 is 1. The molecule has 0 fully saturated rings. The third kappa shape index (κ3) is 4.42. The number of nitrogens with one attached hydrogen (secondary N) is 1. The van der Waals surface area contributed by atoms with E-state index in [-0.39, 0.29) is 5.60 Å². The molecule has 98 valence electrons. The minimum absolute atomic E-state index is 0.0196. The Hall–Kier alpha value is -0.0800. The van der Waals surface area contributed by atoms with Crippen LogP contribution in [0.5, 0.6) is 0 Å². The molecule has 0 aromatic heterocycles. The van der Waals surface area contributed by atoms with E-state index in [1.54, 1.807) is 0 Å². The van der Waals surface area contributed by atoms with Gasteiger partial charge in [-0.1, -0.05) is 40.5 Å². The van der Waals surface area contributed by atoms with Crippen LogP contribution in [-0.2, 0) is 4.74 Å². The van der Waals surface area contributed by atoms with Crippen LogP contribution in [0.25, 0.3) is 0 Å². The highest BCUT2D eigenvalue weighted by atomic mass is 16.5. The van der Waals surface area contributed by atoms with E-state index in [4.69, 9.17) is 4.74 Å². The fraction of sp³-hybridized carbons (Fsp3) is 1.00. The van der Waals surface area contributed by atoms with Crippen molar-refractivity contribution in [3.63, 3.8) is 0 Å². The Morgan fingerprint density at radius 3 is 2.00 bits per heavy atom. The molecule has 16 heavy (non-hydrogen) atoms. The molecular formula is C14H31NO. The molecule has 0 amide bonds. The molecule has 0 saturated carbocycles. The predicted molar refractivity (Wildman–Crippen MR) is 71.9 cm³/mol. The van der Waals surface area contributed by atoms with E-state index in [1.807, 2.05) is 7.11 Å². The SMILES string of the molecule is CCC(CC)(OC)C(CCCC(C)C)NC. The minimum Gasteiger partial charge on any atom is -0.377 e. The molecule has 0 bridgehead atoms. The van der Waals surface area contributed by atoms with Gasteiger partial charge in [0.05, 0.1) is 5.60 Å². The van der Waals surface area contributed by atoms with Gasteiger partial charge in [-0.2, -0.15) is 0 Å². The fourth-order valence-electron chi connectivity index (χ4n) is 2.57. The topological polar surface area (TPSA) is 21.3 Å². The van der Waals surface area contributed by atoms with E-state index in [1.165, 1.54) is 19.3 Å². The quantitative estimate of drug-likeness (QED) is 0.652. The summed E-state index contributed by atoms with van der Waals surface area (Å²) in [5.41, 5.74) is 0.0196. The van der Waals surface area contributed by atoms with E-state index in [2.05, 4.69) is 40.1 Å². The lowest BCUT2D eigenvalue weighted by Gasteiger charge is -2.38. The third-order valence-corrected chi connectivity index (χ3v) is 3.86. The molecule has 1 unspecified atom stereocenters. The van der Waals surface area contributed by atoms with Crippen molar-refractivity contribution in [1.82, 2.24) is 5.32 Å². The second-order valence-corrected chi connectivity index (χ2v) is 5.14. The lowest BCUT2D eigenvalue weighted by Crippen LogP contribution is -2.50. The predicted octanol–water partition coefficient (Wildman–Crippen LogP) is 3.61. The summed E-state index contributed by atoms with van der Waals surface area (Å²) in [4.78, 5) is 0. The van der Waals surface area contributed by atoms with Crippen LogP contribution in [0.2, 0.25) is 0 Å². The van der Waals surface area contributed by atoms with Crippen LogP contribution in [0.1, 0.15) is 59.8 Å². The normalized spacial score (nSPS) is 14.4. The molecule has 2 nitrogen and oxygen atoms in total. The molecule has 0 aromatic rings. The molecular weight excluding hydrogens is 198 g/mol. The molecule has 0 aliphatic heterocycles. The van der Waals surface area contributed by atoms with Crippen molar-refractivity contribution in [2.24, 2.45) is 5.92 Å². The zero-order valence-electron chi connectivity index (χ0n) is 12.1. The van der Waals surface area contributed by atoms with Gasteiger partial charge in [-0.3, -0.25) is 0 Å². The van der Waals surface area contributed by atoms with Crippen LogP contribution in [0.15, 0.2) is 0 Å². The first-order valence-corrected chi connectivity index (χ1v) is 6.78. The highest BCUT2D eigenvalue weighted by molar-refractivity contribution is 4.90. The molecule has 1 N–H and O–H groups in total. The number of ether oxygens (including phenoxy) is 1. The Morgan fingerprint density at radius 1 is 1.12 bits per heavy atom. The van der Waals surface area contributed by atoms with Crippen LogP contribution in [-0.4, -0.2) is 25.8 Å². The number of rotatable bonds is 9. The minimum atomic E-state index is 0.0196. The zero-order chi connectivity index (χ0) is 12.6. The summed E-state index contributed by atoms with van der Waals surface area (Å²) in [5.74, 6) is 0.803. The van der Waals surface area contributed by atoms with Gasteiger partial charge in [-0.15, -0.1) is 0 Å². The lowest BCUT2D eigenvalue weighted by molar-refractivity contribution is -0.0482. The van der Waals surface area contributed by atoms with Crippen LogP contribution >= 0.6 is 0 Å². The van der Waals surface area contributed by atoms with Gasteiger partial charge in [-0.05, 0) is 32.2 Å². The third-order valence-electron chi connectivity index (χ3n) is 3.86. The molecule has 1 atom stereocenters. The largest absolute Gasteiger partial charge is 0.377 e. The van der Waals surface area contributed by atoms with Gasteiger partial charge in [0.25, 0.3) is 0 Å². The summed E-state index contributed by atoms with van der Waals surface area (Å²) < 4.78 is 5.78. The van der Waals surface area contributed by atoms with E-state index in [9.17, 15) is 0 Å². The molecule has 0 heterocycles. The molecule has 0 aliphatic rings. The fourth-order valence-corrected chi connectivity index (χ4v) is 2.57. The molecule has 0 spiro atoms. The summed E-state index contributed by atoms with van der Waals surface area (Å²) in [7, 11) is 3.90. The zero-order valence-corrected chi connectivity index (χ0v) is 12.1. The maximum Gasteiger partial charge on any atom is 0.0825 e. The van der Waals surface area contributed by atoms with E-state index in [0.29, 0.717) is 6.04 Å². The van der Waals surface area contributed by atoms with Gasteiger partial charge in [0.15, 0.2) is 0 Å². The van der Waals surface area contributed by atoms with Crippen molar-refractivity contribution in [3.8, 4) is 0 Å². The first-order valence-electron chi connectivity index (χ1n) is 6.78. The first-order chi connectivity index (χ1) is 7.56. The van der Waals surface area contributed by atoms with Crippen molar-refractivity contribution in [3.05, 3.63) is 0 Å². The average molecular weight is 229 g/mol. The Bertz CT molecular complexity index is 156. The van der Waals surface area contributed by atoms with E-state index < -0.39 is 0 Å². The van der Waals surface area contributed by atoms with Gasteiger partial charge in [0, 0.05) is 13.2 Å². The van der Waals surface area contributed by atoms with Gasteiger partial charge < -0.3 is 10.1 Å². The molecule has 0 aromatic carbocycles. The summed E-state index contributed by atoms with van der Waals surface area (Å²) in [6.45, 7) is 9.02.